The molecule has 1 spiro atoms. The van der Waals surface area contributed by atoms with Gasteiger partial charge in [0.2, 0.25) is 0 Å². The number of nitro groups is 1. The maximum Gasteiger partial charge on any atom is 0.410 e. The van der Waals surface area contributed by atoms with Crippen molar-refractivity contribution in [1.82, 2.24) is 9.80 Å². The van der Waals surface area contributed by atoms with E-state index in [2.05, 4.69) is 21.9 Å². The summed E-state index contributed by atoms with van der Waals surface area (Å²) in [4.78, 5) is 30.2. The number of piperidine rings is 1. The van der Waals surface area contributed by atoms with E-state index < -0.39 is 0 Å². The highest BCUT2D eigenvalue weighted by Crippen LogP contribution is 2.50. The van der Waals surface area contributed by atoms with Gasteiger partial charge in [0.1, 0.15) is 18.9 Å². The van der Waals surface area contributed by atoms with Crippen LogP contribution in [0.3, 0.4) is 0 Å². The first kappa shape index (κ1) is 24.4. The Morgan fingerprint density at radius 1 is 0.974 bits per heavy atom. The number of ether oxygens (including phenoxy) is 2. The number of hydrogen-bond acceptors (Lipinski definition) is 7. The summed E-state index contributed by atoms with van der Waals surface area (Å²) in [5.74, 6) is 0. The third kappa shape index (κ3) is 4.70. The molecule has 1 amide bonds. The Labute approximate surface area is 221 Å². The number of amides is 1. The number of epoxide rings is 1. The molecule has 196 valence electrons. The fourth-order valence-corrected chi connectivity index (χ4v) is 5.86. The van der Waals surface area contributed by atoms with Gasteiger partial charge >= 0.3 is 6.09 Å². The minimum Gasteiger partial charge on any atom is -0.445 e. The smallest absolute Gasteiger partial charge is 0.410 e. The molecule has 0 bridgehead atoms. The van der Waals surface area contributed by atoms with Gasteiger partial charge in [0, 0.05) is 37.5 Å². The van der Waals surface area contributed by atoms with Crippen molar-refractivity contribution in [2.75, 3.05) is 24.7 Å². The molecule has 2 atom stereocenters. The quantitative estimate of drug-likeness (QED) is 0.266. The summed E-state index contributed by atoms with van der Waals surface area (Å²) in [5, 5.41) is 11.3. The van der Waals surface area contributed by atoms with Gasteiger partial charge in [0.15, 0.2) is 0 Å². The Morgan fingerprint density at radius 3 is 2.37 bits per heavy atom. The SMILES string of the molecule is O=C(OCc1ccccc1)N1CCC2(CC1)C1OC1N(Cc1cccc([N+](=O)[O-])c1)CN2c1ccccc1. The molecule has 3 aromatic rings. The van der Waals surface area contributed by atoms with Crippen molar-refractivity contribution >= 4 is 17.5 Å². The summed E-state index contributed by atoms with van der Waals surface area (Å²) in [6.45, 7) is 2.63. The standard InChI is InChI=1S/C29H30N4O5/c34-28(37-20-22-8-3-1-4-9-22)30-16-14-29(15-17-30)26-27(38-26)31(21-32(29)24-11-5-2-6-12-24)19-23-10-7-13-25(18-23)33(35)36/h1-13,18,26-27H,14-17,19-21H2. The van der Waals surface area contributed by atoms with Crippen molar-refractivity contribution in [2.45, 2.75) is 43.9 Å². The Morgan fingerprint density at radius 2 is 1.66 bits per heavy atom. The van der Waals surface area contributed by atoms with E-state index in [0.29, 0.717) is 26.3 Å². The molecule has 3 heterocycles. The number of hydrogen-bond donors (Lipinski definition) is 0. The lowest BCUT2D eigenvalue weighted by Crippen LogP contribution is -2.66. The molecule has 0 aliphatic carbocycles. The summed E-state index contributed by atoms with van der Waals surface area (Å²) in [5.41, 5.74) is 2.81. The van der Waals surface area contributed by atoms with Crippen LogP contribution < -0.4 is 4.90 Å². The largest absolute Gasteiger partial charge is 0.445 e. The maximum atomic E-state index is 12.8. The van der Waals surface area contributed by atoms with Crippen molar-refractivity contribution in [3.05, 3.63) is 106 Å². The van der Waals surface area contributed by atoms with Gasteiger partial charge in [-0.3, -0.25) is 15.0 Å². The van der Waals surface area contributed by atoms with Crippen molar-refractivity contribution in [1.29, 1.82) is 0 Å². The fraction of sp³-hybridized carbons (Fsp3) is 0.345. The van der Waals surface area contributed by atoms with E-state index in [9.17, 15) is 14.9 Å². The molecule has 0 radical (unpaired) electrons. The lowest BCUT2D eigenvalue weighted by molar-refractivity contribution is -0.384. The summed E-state index contributed by atoms with van der Waals surface area (Å²) in [6, 6.07) is 26.8. The molecule has 6 rings (SSSR count). The number of carbonyl (C=O) groups is 1. The molecule has 3 saturated heterocycles. The van der Waals surface area contributed by atoms with Crippen molar-refractivity contribution in [3.63, 3.8) is 0 Å². The number of fused-ring (bicyclic) bond motifs is 2. The van der Waals surface area contributed by atoms with E-state index >= 15 is 0 Å². The van der Waals surface area contributed by atoms with Gasteiger partial charge in [-0.15, -0.1) is 0 Å². The van der Waals surface area contributed by atoms with Gasteiger partial charge in [-0.05, 0) is 36.1 Å². The van der Waals surface area contributed by atoms with Gasteiger partial charge in [0.05, 0.1) is 17.1 Å². The third-order valence-electron chi connectivity index (χ3n) is 7.89. The van der Waals surface area contributed by atoms with E-state index in [4.69, 9.17) is 9.47 Å². The fourth-order valence-electron chi connectivity index (χ4n) is 5.86. The van der Waals surface area contributed by atoms with E-state index in [0.717, 1.165) is 29.7 Å². The minimum atomic E-state index is -0.361. The lowest BCUT2D eigenvalue weighted by Gasteiger charge is -2.52. The van der Waals surface area contributed by atoms with Crippen molar-refractivity contribution in [2.24, 2.45) is 0 Å². The molecule has 38 heavy (non-hydrogen) atoms. The number of nitro benzene ring substituents is 1. The van der Waals surface area contributed by atoms with Crippen LogP contribution in [0, 0.1) is 10.1 Å². The van der Waals surface area contributed by atoms with Crippen molar-refractivity contribution < 1.29 is 19.2 Å². The second-order valence-electron chi connectivity index (χ2n) is 10.2. The molecule has 2 unspecified atom stereocenters. The number of anilines is 1. The highest BCUT2D eigenvalue weighted by molar-refractivity contribution is 5.68. The first-order chi connectivity index (χ1) is 18.5. The first-order valence-corrected chi connectivity index (χ1v) is 12.9. The molecule has 9 nitrogen and oxygen atoms in total. The predicted octanol–water partition coefficient (Wildman–Crippen LogP) is 4.77. The number of non-ortho nitro benzene ring substituents is 1. The minimum absolute atomic E-state index is 0.00218. The van der Waals surface area contributed by atoms with E-state index in [1.165, 1.54) is 6.07 Å². The number of likely N-dealkylation sites (tertiary alicyclic amines) is 1. The normalized spacial score (nSPS) is 22.1. The van der Waals surface area contributed by atoms with Crippen LogP contribution in [0.5, 0.6) is 0 Å². The van der Waals surface area contributed by atoms with Crippen LogP contribution in [0.1, 0.15) is 24.0 Å². The Bertz CT molecular complexity index is 1300. The maximum absolute atomic E-state index is 12.8. The summed E-state index contributed by atoms with van der Waals surface area (Å²) >= 11 is 0. The van der Waals surface area contributed by atoms with E-state index in [1.807, 2.05) is 54.6 Å². The molecule has 0 N–H and O–H groups in total. The Hall–Kier alpha value is -3.95. The average Bonchev–Trinajstić information content (AvgIpc) is 3.77. The highest BCUT2D eigenvalue weighted by Gasteiger charge is 2.64. The zero-order chi connectivity index (χ0) is 26.1. The molecule has 9 heteroatoms. The number of carbonyl (C=O) groups excluding carboxylic acids is 1. The lowest BCUT2D eigenvalue weighted by atomic mass is 9.80. The van der Waals surface area contributed by atoms with Crippen molar-refractivity contribution in [3.8, 4) is 0 Å². The van der Waals surface area contributed by atoms with Crippen LogP contribution in [-0.2, 0) is 22.6 Å². The van der Waals surface area contributed by atoms with Gasteiger partial charge in [-0.25, -0.2) is 4.79 Å². The monoisotopic (exact) mass is 514 g/mol. The van der Waals surface area contributed by atoms with Gasteiger partial charge in [-0.2, -0.15) is 0 Å². The summed E-state index contributed by atoms with van der Waals surface area (Å²) in [6.07, 6.45) is 1.21. The van der Waals surface area contributed by atoms with Gasteiger partial charge in [-0.1, -0.05) is 60.7 Å². The molecule has 0 aromatic heterocycles. The second kappa shape index (κ2) is 10.1. The zero-order valence-corrected chi connectivity index (χ0v) is 21.0. The second-order valence-corrected chi connectivity index (χ2v) is 10.2. The predicted molar refractivity (Wildman–Crippen MR) is 141 cm³/mol. The average molecular weight is 515 g/mol. The van der Waals surface area contributed by atoms with Crippen LogP contribution in [-0.4, -0.2) is 58.4 Å². The first-order valence-electron chi connectivity index (χ1n) is 12.9. The Balaban J connectivity index is 1.17. The number of nitrogens with zero attached hydrogens (tertiary/aromatic N) is 4. The molecule has 3 aromatic carbocycles. The molecule has 3 aliphatic rings. The molecule has 0 saturated carbocycles. The van der Waals surface area contributed by atoms with E-state index in [1.54, 1.807) is 17.0 Å². The van der Waals surface area contributed by atoms with Crippen LogP contribution in [0.15, 0.2) is 84.9 Å². The summed E-state index contributed by atoms with van der Waals surface area (Å²) < 4.78 is 11.9. The summed E-state index contributed by atoms with van der Waals surface area (Å²) in [7, 11) is 0. The van der Waals surface area contributed by atoms with Crippen LogP contribution in [0.25, 0.3) is 0 Å². The topological polar surface area (TPSA) is 91.7 Å². The van der Waals surface area contributed by atoms with Gasteiger partial charge < -0.3 is 19.3 Å². The highest BCUT2D eigenvalue weighted by atomic mass is 16.6. The number of rotatable bonds is 6. The molecule has 3 fully saturated rings. The molecular formula is C29H30N4O5. The number of benzene rings is 3. The van der Waals surface area contributed by atoms with E-state index in [-0.39, 0.29) is 41.2 Å². The number of para-hydroxylation sites is 1. The van der Waals surface area contributed by atoms with Crippen LogP contribution in [0.4, 0.5) is 16.2 Å². The third-order valence-corrected chi connectivity index (χ3v) is 7.89. The molecule has 3 aliphatic heterocycles. The molecular weight excluding hydrogens is 484 g/mol. The van der Waals surface area contributed by atoms with Crippen LogP contribution >= 0.6 is 0 Å². The van der Waals surface area contributed by atoms with Crippen LogP contribution in [0.2, 0.25) is 0 Å². The Kier molecular flexibility index (Phi) is 6.47. The zero-order valence-electron chi connectivity index (χ0n) is 21.0. The van der Waals surface area contributed by atoms with Gasteiger partial charge in [0.25, 0.3) is 5.69 Å².